The Labute approximate surface area is 390 Å². The maximum absolute atomic E-state index is 14.3. The smallest absolute Gasteiger partial charge is 0.325 e. The summed E-state index contributed by atoms with van der Waals surface area (Å²) in [5, 5.41) is 44.8. The molecule has 0 unspecified atom stereocenters. The summed E-state index contributed by atoms with van der Waals surface area (Å²) >= 11 is 0. The van der Waals surface area contributed by atoms with Crippen LogP contribution in [0.1, 0.15) is 42.9 Å². The van der Waals surface area contributed by atoms with Crippen LogP contribution in [0.5, 0.6) is 5.75 Å². The molecule has 23 nitrogen and oxygen atoms in total. The molecule has 7 atom stereocenters. The van der Waals surface area contributed by atoms with Gasteiger partial charge in [0.05, 0.1) is 19.1 Å². The molecule has 364 valence electrons. The van der Waals surface area contributed by atoms with E-state index in [9.17, 15) is 53.7 Å². The number of carboxylic acid groups (broad SMARTS) is 1. The van der Waals surface area contributed by atoms with Gasteiger partial charge in [0.15, 0.2) is 5.96 Å². The van der Waals surface area contributed by atoms with Gasteiger partial charge in [-0.1, -0.05) is 60.7 Å². The zero-order valence-corrected chi connectivity index (χ0v) is 37.1. The third kappa shape index (κ3) is 16.4. The van der Waals surface area contributed by atoms with E-state index in [0.29, 0.717) is 22.0 Å². The molecule has 0 radical (unpaired) electrons. The first-order chi connectivity index (χ1) is 32.3. The van der Waals surface area contributed by atoms with Gasteiger partial charge < -0.3 is 75.1 Å². The van der Waals surface area contributed by atoms with Crippen molar-refractivity contribution < 1.29 is 53.7 Å². The minimum absolute atomic E-state index is 0.00665. The highest BCUT2D eigenvalue weighted by Gasteiger charge is 2.34. The van der Waals surface area contributed by atoms with Gasteiger partial charge in [-0.2, -0.15) is 0 Å². The highest BCUT2D eigenvalue weighted by atomic mass is 16.4. The average molecular weight is 943 g/mol. The molecule has 0 fully saturated rings. The average Bonchev–Trinajstić information content (AvgIpc) is 3.71. The standard InChI is InChI=1S/C45H58N12O11/c1-24(44(67)68)52-40(63)33(19-26-13-15-28(59)16-14-26)54-41(64)34(20-27-22-51-31-11-6-5-10-29(27)31)55-42(65)35(21-37(47)60)56-39(62)32(12-7-17-50-45(48)49)53-43(66)36(23-58)57-38(61)30(46)18-25-8-3-2-4-9-25/h2-6,8-11,13-16,22,24,30,32-36,51,58-59H,7,12,17-21,23,46H2,1H3,(H2,47,60)(H,52,63)(H,53,66)(H,54,64)(H,55,65)(H,56,62)(H,57,61)(H,67,68)(H4,48,49,50)/t24-,30-,32-,33-,34-,35-,36-/m0/s1. The first-order valence-electron chi connectivity index (χ1n) is 21.5. The van der Waals surface area contributed by atoms with Crippen LogP contribution in [0.4, 0.5) is 0 Å². The zero-order chi connectivity index (χ0) is 49.9. The number of amides is 7. The van der Waals surface area contributed by atoms with Gasteiger partial charge in [-0.05, 0) is 61.1 Å². The number of aliphatic imine (C=N–C) groups is 1. The van der Waals surface area contributed by atoms with Gasteiger partial charge in [0.1, 0.15) is 42.0 Å². The largest absolute Gasteiger partial charge is 0.508 e. The molecule has 0 spiro atoms. The van der Waals surface area contributed by atoms with Crippen molar-refractivity contribution in [3.63, 3.8) is 0 Å². The van der Waals surface area contributed by atoms with Crippen molar-refractivity contribution >= 4 is 64.2 Å². The van der Waals surface area contributed by atoms with E-state index in [-0.39, 0.29) is 50.4 Å². The van der Waals surface area contributed by atoms with Crippen molar-refractivity contribution in [1.29, 1.82) is 0 Å². The normalized spacial score (nSPS) is 14.0. The molecule has 7 amide bonds. The molecule has 0 saturated heterocycles. The molecular formula is C45H58N12O11. The summed E-state index contributed by atoms with van der Waals surface area (Å²) in [6, 6.07) is 11.3. The summed E-state index contributed by atoms with van der Waals surface area (Å²) in [5.74, 6) is -8.44. The molecule has 4 rings (SSSR count). The Balaban J connectivity index is 1.60. The number of hydrogen-bond acceptors (Lipinski definition) is 12. The second-order valence-corrected chi connectivity index (χ2v) is 15.9. The number of nitrogens with two attached hydrogens (primary N) is 4. The fourth-order valence-corrected chi connectivity index (χ4v) is 6.89. The van der Waals surface area contributed by atoms with Crippen molar-refractivity contribution in [3.05, 3.63) is 102 Å². The lowest BCUT2D eigenvalue weighted by Crippen LogP contribution is -2.61. The number of hydrogen-bond donors (Lipinski definition) is 14. The van der Waals surface area contributed by atoms with Gasteiger partial charge in [-0.15, -0.1) is 0 Å². The molecule has 1 heterocycles. The van der Waals surface area contributed by atoms with E-state index in [1.807, 2.05) is 0 Å². The number of benzene rings is 3. The molecule has 4 aromatic rings. The molecule has 0 aliphatic rings. The second kappa shape index (κ2) is 25.6. The van der Waals surface area contributed by atoms with E-state index < -0.39 is 103 Å². The molecule has 0 aliphatic heterocycles. The quantitative estimate of drug-likeness (QED) is 0.0171. The number of guanidine groups is 1. The summed E-state index contributed by atoms with van der Waals surface area (Å²) in [6.07, 6.45) is 0.413. The number of carbonyl (C=O) groups is 8. The van der Waals surface area contributed by atoms with Crippen molar-refractivity contribution in [2.24, 2.45) is 27.9 Å². The summed E-state index contributed by atoms with van der Waals surface area (Å²) in [4.78, 5) is 114. The highest BCUT2D eigenvalue weighted by Crippen LogP contribution is 2.20. The molecule has 23 heteroatoms. The minimum Gasteiger partial charge on any atom is -0.508 e. The number of para-hydroxylation sites is 1. The monoisotopic (exact) mass is 942 g/mol. The summed E-state index contributed by atoms with van der Waals surface area (Å²) in [6.45, 7) is 0.313. The predicted molar refractivity (Wildman–Crippen MR) is 248 cm³/mol. The van der Waals surface area contributed by atoms with Crippen LogP contribution in [0.15, 0.2) is 90.1 Å². The number of aromatic nitrogens is 1. The van der Waals surface area contributed by atoms with Crippen LogP contribution in [0.3, 0.4) is 0 Å². The van der Waals surface area contributed by atoms with Crippen LogP contribution in [-0.4, -0.2) is 129 Å². The molecular weight excluding hydrogens is 885 g/mol. The van der Waals surface area contributed by atoms with Crippen molar-refractivity contribution in [1.82, 2.24) is 36.9 Å². The number of aromatic hydroxyl groups is 1. The van der Waals surface area contributed by atoms with Crippen LogP contribution in [0.2, 0.25) is 0 Å². The molecule has 3 aromatic carbocycles. The number of aliphatic hydroxyl groups is 1. The number of aliphatic carboxylic acids is 1. The number of carbonyl (C=O) groups excluding carboxylic acids is 7. The van der Waals surface area contributed by atoms with Gasteiger partial charge in [-0.25, -0.2) is 0 Å². The number of nitrogens with zero attached hydrogens (tertiary/aromatic N) is 1. The number of fused-ring (bicyclic) bond motifs is 1. The van der Waals surface area contributed by atoms with Gasteiger partial charge in [0.2, 0.25) is 41.4 Å². The first-order valence-corrected chi connectivity index (χ1v) is 21.5. The zero-order valence-electron chi connectivity index (χ0n) is 37.1. The van der Waals surface area contributed by atoms with E-state index in [0.717, 1.165) is 5.56 Å². The van der Waals surface area contributed by atoms with E-state index >= 15 is 0 Å². The molecule has 68 heavy (non-hydrogen) atoms. The Morgan fingerprint density at radius 3 is 1.79 bits per heavy atom. The van der Waals surface area contributed by atoms with Gasteiger partial charge in [-0.3, -0.25) is 43.3 Å². The fraction of sp³-hybridized carbons (Fsp3) is 0.356. The van der Waals surface area contributed by atoms with Gasteiger partial charge in [0.25, 0.3) is 0 Å². The lowest BCUT2D eigenvalue weighted by molar-refractivity contribution is -0.141. The molecule has 18 N–H and O–H groups in total. The second-order valence-electron chi connectivity index (χ2n) is 15.9. The molecule has 1 aromatic heterocycles. The first kappa shape index (κ1) is 52.6. The third-order valence-corrected chi connectivity index (χ3v) is 10.5. The Morgan fingerprint density at radius 2 is 1.16 bits per heavy atom. The number of primary amides is 1. The number of nitrogens with one attached hydrogen (secondary N) is 7. The number of aromatic amines is 1. The summed E-state index contributed by atoms with van der Waals surface area (Å²) < 4.78 is 0. The Morgan fingerprint density at radius 1 is 0.632 bits per heavy atom. The topological polar surface area (TPSA) is 402 Å². The van der Waals surface area contributed by atoms with Crippen LogP contribution in [0, 0.1) is 0 Å². The number of H-pyrrole nitrogens is 1. The lowest BCUT2D eigenvalue weighted by Gasteiger charge is -2.27. The number of rotatable bonds is 26. The maximum Gasteiger partial charge on any atom is 0.325 e. The van der Waals surface area contributed by atoms with Gasteiger partial charge >= 0.3 is 5.97 Å². The van der Waals surface area contributed by atoms with Crippen LogP contribution in [0.25, 0.3) is 10.9 Å². The fourth-order valence-electron chi connectivity index (χ4n) is 6.89. The van der Waals surface area contributed by atoms with E-state index in [1.165, 1.54) is 31.2 Å². The lowest BCUT2D eigenvalue weighted by atomic mass is 10.0. The van der Waals surface area contributed by atoms with Crippen molar-refractivity contribution in [3.8, 4) is 5.75 Å². The Bertz CT molecular complexity index is 2430. The number of phenols is 1. The van der Waals surface area contributed by atoms with Gasteiger partial charge in [0, 0.05) is 36.5 Å². The number of carboxylic acids is 1. The third-order valence-electron chi connectivity index (χ3n) is 10.5. The Kier molecular flexibility index (Phi) is 19.8. The molecule has 0 aliphatic carbocycles. The van der Waals surface area contributed by atoms with E-state index in [2.05, 4.69) is 41.9 Å². The Hall–Kier alpha value is -8.05. The van der Waals surface area contributed by atoms with Crippen molar-refractivity contribution in [2.75, 3.05) is 13.2 Å². The maximum atomic E-state index is 14.3. The SMILES string of the molecule is C[C@H](NC(=O)[C@H](Cc1ccc(O)cc1)NC(=O)[C@H](Cc1c[nH]c2ccccc12)NC(=O)[C@H](CC(N)=O)NC(=O)[C@H](CCCN=C(N)N)NC(=O)[C@H](CO)NC(=O)[C@@H](N)Cc1ccccc1)C(=O)O. The van der Waals surface area contributed by atoms with E-state index in [1.54, 1.807) is 60.8 Å². The van der Waals surface area contributed by atoms with E-state index in [4.69, 9.17) is 22.9 Å². The molecule has 0 saturated carbocycles. The molecule has 0 bridgehead atoms. The van der Waals surface area contributed by atoms with Crippen LogP contribution < -0.4 is 54.8 Å². The number of aliphatic hydroxyl groups excluding tert-OH is 1. The van der Waals surface area contributed by atoms with Crippen molar-refractivity contribution in [2.45, 2.75) is 87.7 Å². The summed E-state index contributed by atoms with van der Waals surface area (Å²) in [5.41, 5.74) is 24.9. The van der Waals surface area contributed by atoms with Crippen LogP contribution in [-0.2, 0) is 57.6 Å². The minimum atomic E-state index is -1.77. The number of phenolic OH excluding ortho intramolecular Hbond substituents is 1. The van der Waals surface area contributed by atoms with Crippen LogP contribution >= 0.6 is 0 Å². The summed E-state index contributed by atoms with van der Waals surface area (Å²) in [7, 11) is 0. The highest BCUT2D eigenvalue weighted by molar-refractivity contribution is 5.99. The predicted octanol–water partition coefficient (Wildman–Crippen LogP) is -2.84.